The summed E-state index contributed by atoms with van der Waals surface area (Å²) in [6.07, 6.45) is 1.07. The number of carbonyl (C=O) groups is 1. The highest BCUT2D eigenvalue weighted by molar-refractivity contribution is 8.17. The van der Waals surface area contributed by atoms with Crippen LogP contribution in [0, 0.1) is 0 Å². The third-order valence-corrected chi connectivity index (χ3v) is 7.32. The number of anilines is 1. The first-order valence-electron chi connectivity index (χ1n) is 11.9. The number of thioether (sulfide) groups is 1. The van der Waals surface area contributed by atoms with Crippen LogP contribution >= 0.6 is 23.4 Å². The third-order valence-electron chi connectivity index (χ3n) is 5.98. The molecule has 0 aliphatic carbocycles. The number of hydrogen-bond acceptors (Lipinski definition) is 8. The molecule has 2 aromatic rings. The highest BCUT2D eigenvalue weighted by Crippen LogP contribution is 2.49. The predicted molar refractivity (Wildman–Crippen MR) is 140 cm³/mol. The van der Waals surface area contributed by atoms with Gasteiger partial charge in [0.05, 0.1) is 44.1 Å². The van der Waals surface area contributed by atoms with Gasteiger partial charge in [-0.2, -0.15) is 0 Å². The third kappa shape index (κ3) is 5.23. The van der Waals surface area contributed by atoms with E-state index in [1.54, 1.807) is 0 Å². The van der Waals surface area contributed by atoms with Crippen LogP contribution in [-0.4, -0.2) is 62.0 Å². The summed E-state index contributed by atoms with van der Waals surface area (Å²) in [5, 5.41) is 1.55. The van der Waals surface area contributed by atoms with E-state index < -0.39 is 0 Å². The average Bonchev–Trinajstić information content (AvgIpc) is 3.43. The van der Waals surface area contributed by atoms with E-state index in [1.165, 1.54) is 11.8 Å². The van der Waals surface area contributed by atoms with Crippen LogP contribution in [0.1, 0.15) is 25.3 Å². The maximum absolute atomic E-state index is 12.3. The minimum atomic E-state index is -0.244. The molecule has 7 nitrogen and oxygen atoms in total. The molecule has 3 heterocycles. The number of benzene rings is 2. The average molecular weight is 514 g/mol. The Morgan fingerprint density at radius 2 is 2.09 bits per heavy atom. The molecule has 0 radical (unpaired) electrons. The fourth-order valence-electron chi connectivity index (χ4n) is 4.50. The van der Waals surface area contributed by atoms with Crippen LogP contribution in [0.4, 0.5) is 5.69 Å². The van der Waals surface area contributed by atoms with Crippen LogP contribution in [0.5, 0.6) is 11.5 Å². The Labute approximate surface area is 214 Å². The van der Waals surface area contributed by atoms with E-state index in [2.05, 4.69) is 14.8 Å². The van der Waals surface area contributed by atoms with Gasteiger partial charge in [0.15, 0.2) is 10.9 Å². The van der Waals surface area contributed by atoms with Crippen LogP contribution in [0.15, 0.2) is 52.4 Å². The molecule has 0 aromatic heterocycles. The standard InChI is InChI=1S/C26H28ClN3O4S/c1-2-32-23(31)17-22-24(30-11-9-28-26(30)35-22)20-15-18(27)16-21-25(20)34-14-12-29(21)10-6-13-33-19-7-4-3-5-8-19/h3-5,7-8,15-16H,2,6,9-14,17H2,1H3. The predicted octanol–water partition coefficient (Wildman–Crippen LogP) is 5.05. The zero-order valence-corrected chi connectivity index (χ0v) is 21.2. The number of ether oxygens (including phenoxy) is 3. The van der Waals surface area contributed by atoms with E-state index in [0.717, 1.165) is 71.1 Å². The molecule has 0 fully saturated rings. The van der Waals surface area contributed by atoms with Crippen molar-refractivity contribution in [2.75, 3.05) is 50.9 Å². The van der Waals surface area contributed by atoms with Gasteiger partial charge >= 0.3 is 5.97 Å². The zero-order valence-electron chi connectivity index (χ0n) is 19.7. The Morgan fingerprint density at radius 3 is 2.91 bits per heavy atom. The molecule has 0 N–H and O–H groups in total. The molecule has 184 valence electrons. The molecule has 5 rings (SSSR count). The molecule has 0 bridgehead atoms. The lowest BCUT2D eigenvalue weighted by Gasteiger charge is -2.33. The van der Waals surface area contributed by atoms with Gasteiger partial charge in [-0.05, 0) is 37.6 Å². The van der Waals surface area contributed by atoms with E-state index in [0.29, 0.717) is 24.8 Å². The first kappa shape index (κ1) is 23.9. The van der Waals surface area contributed by atoms with Gasteiger partial charge in [0.1, 0.15) is 12.4 Å². The van der Waals surface area contributed by atoms with Gasteiger partial charge in [0.25, 0.3) is 0 Å². The van der Waals surface area contributed by atoms with Gasteiger partial charge in [-0.3, -0.25) is 9.79 Å². The van der Waals surface area contributed by atoms with Crippen LogP contribution in [-0.2, 0) is 9.53 Å². The Kier molecular flexibility index (Phi) is 7.39. The van der Waals surface area contributed by atoms with Crippen molar-refractivity contribution >= 4 is 45.9 Å². The number of esters is 1. The van der Waals surface area contributed by atoms with Gasteiger partial charge < -0.3 is 24.0 Å². The monoisotopic (exact) mass is 513 g/mol. The van der Waals surface area contributed by atoms with Gasteiger partial charge in [-0.25, -0.2) is 0 Å². The Morgan fingerprint density at radius 1 is 1.23 bits per heavy atom. The molecule has 0 saturated heterocycles. The lowest BCUT2D eigenvalue weighted by Crippen LogP contribution is -2.34. The second kappa shape index (κ2) is 10.8. The Balaban J connectivity index is 1.40. The SMILES string of the molecule is CCOC(=O)CC1=C(c2cc(Cl)cc3c2OCCN3CCCOc2ccccc2)N2CCN=C2S1. The summed E-state index contributed by atoms with van der Waals surface area (Å²) in [5.41, 5.74) is 2.82. The number of aliphatic imine (C=N–C) groups is 1. The molecule has 0 spiro atoms. The molecule has 3 aliphatic heterocycles. The summed E-state index contributed by atoms with van der Waals surface area (Å²) >= 11 is 8.17. The molecular formula is C26H28ClN3O4S. The molecule has 0 amide bonds. The van der Waals surface area contributed by atoms with E-state index in [9.17, 15) is 4.79 Å². The highest BCUT2D eigenvalue weighted by atomic mass is 35.5. The van der Waals surface area contributed by atoms with E-state index >= 15 is 0 Å². The highest BCUT2D eigenvalue weighted by Gasteiger charge is 2.37. The lowest BCUT2D eigenvalue weighted by molar-refractivity contribution is -0.142. The van der Waals surface area contributed by atoms with Crippen LogP contribution in [0.25, 0.3) is 5.70 Å². The number of nitrogens with zero attached hydrogens (tertiary/aromatic N) is 3. The number of halogens is 1. The van der Waals surface area contributed by atoms with Crippen molar-refractivity contribution < 1.29 is 19.0 Å². The minimum Gasteiger partial charge on any atom is -0.494 e. The number of hydrogen-bond donors (Lipinski definition) is 0. The molecule has 9 heteroatoms. The largest absolute Gasteiger partial charge is 0.494 e. The number of fused-ring (bicyclic) bond motifs is 2. The molecule has 0 atom stereocenters. The maximum atomic E-state index is 12.3. The van der Waals surface area contributed by atoms with Crippen LogP contribution < -0.4 is 14.4 Å². The summed E-state index contributed by atoms with van der Waals surface area (Å²) < 4.78 is 17.3. The van der Waals surface area contributed by atoms with Gasteiger partial charge in [0.2, 0.25) is 0 Å². The van der Waals surface area contributed by atoms with Crippen molar-refractivity contribution in [3.8, 4) is 11.5 Å². The number of rotatable bonds is 9. The normalized spacial score (nSPS) is 16.6. The van der Waals surface area contributed by atoms with E-state index in [1.807, 2.05) is 49.4 Å². The maximum Gasteiger partial charge on any atom is 0.310 e. The van der Waals surface area contributed by atoms with Crippen LogP contribution in [0.3, 0.4) is 0 Å². The summed E-state index contributed by atoms with van der Waals surface area (Å²) in [7, 11) is 0. The first-order valence-corrected chi connectivity index (χ1v) is 13.1. The Bertz CT molecular complexity index is 1150. The molecule has 0 saturated carbocycles. The van der Waals surface area contributed by atoms with Crippen molar-refractivity contribution in [3.05, 3.63) is 58.0 Å². The molecule has 2 aromatic carbocycles. The smallest absolute Gasteiger partial charge is 0.310 e. The fraction of sp³-hybridized carbons (Fsp3) is 0.385. The molecular weight excluding hydrogens is 486 g/mol. The van der Waals surface area contributed by atoms with Crippen molar-refractivity contribution in [1.29, 1.82) is 0 Å². The van der Waals surface area contributed by atoms with Crippen molar-refractivity contribution in [3.63, 3.8) is 0 Å². The Hall–Kier alpha value is -2.84. The zero-order chi connectivity index (χ0) is 24.2. The summed E-state index contributed by atoms with van der Waals surface area (Å²) in [5.74, 6) is 1.43. The second-order valence-corrected chi connectivity index (χ2v) is 9.82. The number of para-hydroxylation sites is 1. The van der Waals surface area contributed by atoms with Crippen molar-refractivity contribution in [2.24, 2.45) is 4.99 Å². The first-order chi connectivity index (χ1) is 17.1. The molecule has 0 unspecified atom stereocenters. The van der Waals surface area contributed by atoms with E-state index in [-0.39, 0.29) is 12.4 Å². The van der Waals surface area contributed by atoms with Crippen molar-refractivity contribution in [1.82, 2.24) is 4.90 Å². The van der Waals surface area contributed by atoms with Gasteiger partial charge in [-0.1, -0.05) is 41.6 Å². The van der Waals surface area contributed by atoms with E-state index in [4.69, 9.17) is 25.8 Å². The second-order valence-electron chi connectivity index (χ2n) is 8.32. The van der Waals surface area contributed by atoms with Crippen molar-refractivity contribution in [2.45, 2.75) is 19.8 Å². The molecule has 35 heavy (non-hydrogen) atoms. The number of carbonyl (C=O) groups excluding carboxylic acids is 1. The summed E-state index contributed by atoms with van der Waals surface area (Å²) in [6.45, 7) is 6.48. The molecule has 3 aliphatic rings. The summed E-state index contributed by atoms with van der Waals surface area (Å²) in [6, 6.07) is 13.8. The summed E-state index contributed by atoms with van der Waals surface area (Å²) in [4.78, 5) is 22.4. The minimum absolute atomic E-state index is 0.200. The number of amidine groups is 1. The van der Waals surface area contributed by atoms with Crippen LogP contribution in [0.2, 0.25) is 5.02 Å². The lowest BCUT2D eigenvalue weighted by atomic mass is 10.0. The topological polar surface area (TPSA) is 63.6 Å². The fourth-order valence-corrected chi connectivity index (χ4v) is 5.89. The van der Waals surface area contributed by atoms with Gasteiger partial charge in [0, 0.05) is 28.6 Å². The van der Waals surface area contributed by atoms with Gasteiger partial charge in [-0.15, -0.1) is 0 Å². The quantitative estimate of drug-likeness (QED) is 0.343.